The molecule has 0 aromatic heterocycles. The summed E-state index contributed by atoms with van der Waals surface area (Å²) in [5, 5.41) is 12.0. The standard InChI is InChI=1S/C13H10BrF2NO/c14-9-3-1-2-4-12(9)17-7-8-5-10(15)13(18)11(16)6-8/h1-6,17-18H,7H2. The molecule has 0 radical (unpaired) electrons. The van der Waals surface area contributed by atoms with E-state index in [1.54, 1.807) is 0 Å². The molecule has 0 aliphatic carbocycles. The average Bonchev–Trinajstić information content (AvgIpc) is 2.35. The van der Waals surface area contributed by atoms with Crippen molar-refractivity contribution in [1.29, 1.82) is 0 Å². The first kappa shape index (κ1) is 12.8. The van der Waals surface area contributed by atoms with Crippen LogP contribution in [0.5, 0.6) is 5.75 Å². The second-order valence-electron chi connectivity index (χ2n) is 3.74. The molecule has 2 nitrogen and oxygen atoms in total. The summed E-state index contributed by atoms with van der Waals surface area (Å²) < 4.78 is 27.1. The fourth-order valence-electron chi connectivity index (χ4n) is 1.52. The number of aromatic hydroxyl groups is 1. The van der Waals surface area contributed by atoms with Gasteiger partial charge in [-0.3, -0.25) is 0 Å². The van der Waals surface area contributed by atoms with E-state index >= 15 is 0 Å². The van der Waals surface area contributed by atoms with Crippen LogP contribution in [0.2, 0.25) is 0 Å². The highest BCUT2D eigenvalue weighted by atomic mass is 79.9. The van der Waals surface area contributed by atoms with Crippen LogP contribution in [0.1, 0.15) is 5.56 Å². The molecule has 2 N–H and O–H groups in total. The second-order valence-corrected chi connectivity index (χ2v) is 4.60. The number of phenols is 1. The summed E-state index contributed by atoms with van der Waals surface area (Å²) in [4.78, 5) is 0. The van der Waals surface area contributed by atoms with Crippen molar-refractivity contribution in [3.05, 3.63) is 58.1 Å². The Morgan fingerprint density at radius 3 is 2.33 bits per heavy atom. The highest BCUT2D eigenvalue weighted by Crippen LogP contribution is 2.24. The molecule has 0 spiro atoms. The number of rotatable bonds is 3. The maximum Gasteiger partial charge on any atom is 0.187 e. The van der Waals surface area contributed by atoms with Crippen molar-refractivity contribution in [3.8, 4) is 5.75 Å². The fraction of sp³-hybridized carbons (Fsp3) is 0.0769. The van der Waals surface area contributed by atoms with E-state index in [0.717, 1.165) is 22.3 Å². The van der Waals surface area contributed by atoms with E-state index in [1.165, 1.54) is 0 Å². The van der Waals surface area contributed by atoms with E-state index in [-0.39, 0.29) is 6.54 Å². The Morgan fingerprint density at radius 2 is 1.72 bits per heavy atom. The first-order chi connectivity index (χ1) is 8.58. The van der Waals surface area contributed by atoms with Crippen molar-refractivity contribution < 1.29 is 13.9 Å². The van der Waals surface area contributed by atoms with E-state index in [4.69, 9.17) is 5.11 Å². The van der Waals surface area contributed by atoms with E-state index < -0.39 is 17.4 Å². The van der Waals surface area contributed by atoms with Crippen molar-refractivity contribution in [2.45, 2.75) is 6.54 Å². The lowest BCUT2D eigenvalue weighted by atomic mass is 10.2. The third-order valence-electron chi connectivity index (χ3n) is 2.43. The molecule has 2 rings (SSSR count). The normalized spacial score (nSPS) is 10.4. The van der Waals surface area contributed by atoms with Gasteiger partial charge in [-0.1, -0.05) is 12.1 Å². The van der Waals surface area contributed by atoms with Gasteiger partial charge in [0, 0.05) is 16.7 Å². The number of nitrogens with one attached hydrogen (secondary N) is 1. The van der Waals surface area contributed by atoms with Gasteiger partial charge < -0.3 is 10.4 Å². The molecule has 0 aliphatic rings. The van der Waals surface area contributed by atoms with E-state index in [2.05, 4.69) is 21.2 Å². The van der Waals surface area contributed by atoms with Gasteiger partial charge in [0.15, 0.2) is 17.4 Å². The maximum absolute atomic E-state index is 13.1. The quantitative estimate of drug-likeness (QED) is 0.896. The van der Waals surface area contributed by atoms with Gasteiger partial charge in [0.05, 0.1) is 0 Å². The van der Waals surface area contributed by atoms with Crippen molar-refractivity contribution in [2.75, 3.05) is 5.32 Å². The van der Waals surface area contributed by atoms with Crippen LogP contribution < -0.4 is 5.32 Å². The van der Waals surface area contributed by atoms with Crippen LogP contribution in [0.25, 0.3) is 0 Å². The van der Waals surface area contributed by atoms with Gasteiger partial charge in [-0.2, -0.15) is 0 Å². The van der Waals surface area contributed by atoms with Crippen LogP contribution in [0.4, 0.5) is 14.5 Å². The molecule has 0 saturated heterocycles. The van der Waals surface area contributed by atoms with E-state index in [0.29, 0.717) is 5.56 Å². The molecule has 0 amide bonds. The largest absolute Gasteiger partial charge is 0.503 e. The van der Waals surface area contributed by atoms with Gasteiger partial charge in [-0.05, 0) is 45.8 Å². The zero-order chi connectivity index (χ0) is 13.1. The summed E-state index contributed by atoms with van der Waals surface area (Å²) in [6.07, 6.45) is 0. The summed E-state index contributed by atoms with van der Waals surface area (Å²) in [5.41, 5.74) is 1.24. The number of phenolic OH excluding ortho intramolecular Hbond substituents is 1. The third kappa shape index (κ3) is 2.79. The van der Waals surface area contributed by atoms with Crippen LogP contribution in [0.15, 0.2) is 40.9 Å². The molecule has 0 aliphatic heterocycles. The lowest BCUT2D eigenvalue weighted by Crippen LogP contribution is -2.01. The molecule has 0 saturated carbocycles. The predicted molar refractivity (Wildman–Crippen MR) is 69.5 cm³/mol. The van der Waals surface area contributed by atoms with Crippen molar-refractivity contribution in [2.24, 2.45) is 0 Å². The highest BCUT2D eigenvalue weighted by Gasteiger charge is 2.09. The zero-order valence-corrected chi connectivity index (χ0v) is 10.8. The Hall–Kier alpha value is -1.62. The number of hydrogen-bond acceptors (Lipinski definition) is 2. The Kier molecular flexibility index (Phi) is 3.81. The highest BCUT2D eigenvalue weighted by molar-refractivity contribution is 9.10. The Morgan fingerprint density at radius 1 is 1.11 bits per heavy atom. The average molecular weight is 314 g/mol. The first-order valence-corrected chi connectivity index (χ1v) is 6.02. The van der Waals surface area contributed by atoms with Crippen molar-refractivity contribution in [1.82, 2.24) is 0 Å². The molecule has 18 heavy (non-hydrogen) atoms. The SMILES string of the molecule is Oc1c(F)cc(CNc2ccccc2Br)cc1F. The second kappa shape index (κ2) is 5.35. The van der Waals surface area contributed by atoms with Crippen LogP contribution >= 0.6 is 15.9 Å². The van der Waals surface area contributed by atoms with Gasteiger partial charge in [-0.15, -0.1) is 0 Å². The maximum atomic E-state index is 13.1. The van der Waals surface area contributed by atoms with Gasteiger partial charge >= 0.3 is 0 Å². The number of anilines is 1. The van der Waals surface area contributed by atoms with Gasteiger partial charge in [-0.25, -0.2) is 8.78 Å². The number of para-hydroxylation sites is 1. The van der Waals surface area contributed by atoms with E-state index in [1.807, 2.05) is 24.3 Å². The van der Waals surface area contributed by atoms with Crippen LogP contribution in [-0.2, 0) is 6.54 Å². The molecule has 0 unspecified atom stereocenters. The van der Waals surface area contributed by atoms with Gasteiger partial charge in [0.2, 0.25) is 0 Å². The molecule has 0 heterocycles. The van der Waals surface area contributed by atoms with Crippen LogP contribution in [-0.4, -0.2) is 5.11 Å². The molecule has 0 fully saturated rings. The number of halogens is 3. The molecular weight excluding hydrogens is 304 g/mol. The lowest BCUT2D eigenvalue weighted by Gasteiger charge is -2.09. The summed E-state index contributed by atoms with van der Waals surface area (Å²) in [7, 11) is 0. The summed E-state index contributed by atoms with van der Waals surface area (Å²) in [5.74, 6) is -2.86. The summed E-state index contributed by atoms with van der Waals surface area (Å²) in [6.45, 7) is 0.261. The predicted octanol–water partition coefficient (Wildman–Crippen LogP) is 4.05. The molecule has 94 valence electrons. The molecule has 2 aromatic carbocycles. The monoisotopic (exact) mass is 313 g/mol. The minimum atomic E-state index is -0.959. The third-order valence-corrected chi connectivity index (χ3v) is 3.13. The first-order valence-electron chi connectivity index (χ1n) is 5.23. The molecule has 2 aromatic rings. The summed E-state index contributed by atoms with van der Waals surface area (Å²) >= 11 is 3.36. The summed E-state index contributed by atoms with van der Waals surface area (Å²) in [6, 6.07) is 9.63. The van der Waals surface area contributed by atoms with E-state index in [9.17, 15) is 8.78 Å². The number of benzene rings is 2. The minimum absolute atomic E-state index is 0.261. The van der Waals surface area contributed by atoms with Crippen molar-refractivity contribution in [3.63, 3.8) is 0 Å². The van der Waals surface area contributed by atoms with Gasteiger partial charge in [0.25, 0.3) is 0 Å². The Balaban J connectivity index is 2.14. The minimum Gasteiger partial charge on any atom is -0.503 e. The molecular formula is C13H10BrF2NO. The van der Waals surface area contributed by atoms with Crippen molar-refractivity contribution >= 4 is 21.6 Å². The number of hydrogen-bond donors (Lipinski definition) is 2. The smallest absolute Gasteiger partial charge is 0.187 e. The zero-order valence-electron chi connectivity index (χ0n) is 9.25. The molecule has 5 heteroatoms. The lowest BCUT2D eigenvalue weighted by molar-refractivity contribution is 0.395. The Labute approximate surface area is 111 Å². The van der Waals surface area contributed by atoms with Crippen LogP contribution in [0, 0.1) is 11.6 Å². The van der Waals surface area contributed by atoms with Gasteiger partial charge in [0.1, 0.15) is 0 Å². The topological polar surface area (TPSA) is 32.3 Å². The van der Waals surface area contributed by atoms with Crippen LogP contribution in [0.3, 0.4) is 0 Å². The fourth-order valence-corrected chi connectivity index (χ4v) is 1.95. The molecule has 0 bridgehead atoms. The molecule has 0 atom stereocenters. The Bertz CT molecular complexity index is 552.